The Morgan fingerprint density at radius 3 is 2.82 bits per heavy atom. The van der Waals surface area contributed by atoms with E-state index in [1.807, 2.05) is 13.0 Å². The summed E-state index contributed by atoms with van der Waals surface area (Å²) in [5, 5.41) is 8.82. The highest BCUT2D eigenvalue weighted by Crippen LogP contribution is 2.50. The Bertz CT molecular complexity index is 176. The minimum atomic E-state index is -0.0604. The first-order valence-electron chi connectivity index (χ1n) is 3.87. The van der Waals surface area contributed by atoms with Gasteiger partial charge in [0.1, 0.15) is 6.29 Å². The number of hydrogen-bond acceptors (Lipinski definition) is 2. The van der Waals surface area contributed by atoms with Crippen molar-refractivity contribution in [2.45, 2.75) is 13.3 Å². The average molecular weight is 154 g/mol. The van der Waals surface area contributed by atoms with Crippen molar-refractivity contribution in [3.05, 3.63) is 12.7 Å². The Morgan fingerprint density at radius 2 is 2.45 bits per heavy atom. The lowest BCUT2D eigenvalue weighted by Crippen LogP contribution is -2.47. The van der Waals surface area contributed by atoms with Crippen molar-refractivity contribution in [3.63, 3.8) is 0 Å². The van der Waals surface area contributed by atoms with Crippen LogP contribution in [0.25, 0.3) is 0 Å². The minimum Gasteiger partial charge on any atom is -0.396 e. The predicted molar refractivity (Wildman–Crippen MR) is 43.1 cm³/mol. The molecule has 1 N–H and O–H groups in total. The fourth-order valence-electron chi connectivity index (χ4n) is 1.87. The van der Waals surface area contributed by atoms with Crippen LogP contribution in [-0.4, -0.2) is 18.0 Å². The molecule has 0 aromatic carbocycles. The summed E-state index contributed by atoms with van der Waals surface area (Å²) in [6.07, 6.45) is 3.64. The molecule has 0 spiro atoms. The summed E-state index contributed by atoms with van der Waals surface area (Å²) >= 11 is 0. The molecular weight excluding hydrogens is 140 g/mol. The van der Waals surface area contributed by atoms with E-state index in [-0.39, 0.29) is 23.9 Å². The molecule has 1 saturated carbocycles. The monoisotopic (exact) mass is 154 g/mol. The summed E-state index contributed by atoms with van der Waals surface area (Å²) < 4.78 is 0. The van der Waals surface area contributed by atoms with Gasteiger partial charge in [-0.1, -0.05) is 13.0 Å². The van der Waals surface area contributed by atoms with Gasteiger partial charge in [-0.3, -0.25) is 0 Å². The molecular formula is C9H14O2. The van der Waals surface area contributed by atoms with E-state index in [0.29, 0.717) is 0 Å². The van der Waals surface area contributed by atoms with Crippen LogP contribution in [0.1, 0.15) is 13.3 Å². The van der Waals surface area contributed by atoms with Gasteiger partial charge in [-0.25, -0.2) is 0 Å². The summed E-state index contributed by atoms with van der Waals surface area (Å²) in [6.45, 7) is 5.80. The van der Waals surface area contributed by atoms with Crippen LogP contribution in [0.4, 0.5) is 0 Å². The Morgan fingerprint density at radius 1 is 1.82 bits per heavy atom. The number of rotatable bonds is 3. The number of aliphatic hydroxyl groups is 1. The zero-order valence-corrected chi connectivity index (χ0v) is 6.79. The molecule has 1 fully saturated rings. The van der Waals surface area contributed by atoms with Gasteiger partial charge in [0.25, 0.3) is 0 Å². The lowest BCUT2D eigenvalue weighted by atomic mass is 9.55. The largest absolute Gasteiger partial charge is 0.396 e. The molecule has 0 radical (unpaired) electrons. The number of carbonyl (C=O) groups is 1. The molecule has 1 rings (SSSR count). The van der Waals surface area contributed by atoms with E-state index < -0.39 is 0 Å². The number of hydrogen-bond donors (Lipinski definition) is 1. The van der Waals surface area contributed by atoms with E-state index in [4.69, 9.17) is 5.11 Å². The van der Waals surface area contributed by atoms with E-state index >= 15 is 0 Å². The smallest absolute Gasteiger partial charge is 0.124 e. The van der Waals surface area contributed by atoms with Crippen molar-refractivity contribution in [1.29, 1.82) is 0 Å². The summed E-state index contributed by atoms with van der Waals surface area (Å²) in [4.78, 5) is 10.6. The van der Waals surface area contributed by atoms with Crippen LogP contribution in [0.3, 0.4) is 0 Å². The molecule has 0 heterocycles. The van der Waals surface area contributed by atoms with Crippen LogP contribution < -0.4 is 0 Å². The third-order valence-electron chi connectivity index (χ3n) is 2.82. The number of aliphatic hydroxyl groups excluding tert-OH is 1. The zero-order valence-electron chi connectivity index (χ0n) is 6.79. The van der Waals surface area contributed by atoms with Crippen LogP contribution in [0.15, 0.2) is 12.7 Å². The second-order valence-electron chi connectivity index (χ2n) is 3.52. The van der Waals surface area contributed by atoms with E-state index in [1.54, 1.807) is 0 Å². The van der Waals surface area contributed by atoms with Gasteiger partial charge in [0.05, 0.1) is 0 Å². The standard InChI is InChI=1S/C9H14O2/c1-3-9(2)4-7(5-10)8(9)6-11/h3,6-8,10H,1,4-5H2,2H3/t7-,8-,9+/m1/s1. The molecule has 2 nitrogen and oxygen atoms in total. The molecule has 1 aliphatic rings. The first kappa shape index (κ1) is 8.47. The van der Waals surface area contributed by atoms with Crippen molar-refractivity contribution in [2.24, 2.45) is 17.3 Å². The molecule has 0 unspecified atom stereocenters. The van der Waals surface area contributed by atoms with Crippen LogP contribution in [0.5, 0.6) is 0 Å². The zero-order chi connectivity index (χ0) is 8.48. The fraction of sp³-hybridized carbons (Fsp3) is 0.667. The van der Waals surface area contributed by atoms with E-state index in [9.17, 15) is 4.79 Å². The minimum absolute atomic E-state index is 0.0231. The molecule has 0 saturated heterocycles. The van der Waals surface area contributed by atoms with Gasteiger partial charge < -0.3 is 9.90 Å². The van der Waals surface area contributed by atoms with Gasteiger partial charge in [0.2, 0.25) is 0 Å². The maximum atomic E-state index is 10.6. The Labute approximate surface area is 66.9 Å². The lowest BCUT2D eigenvalue weighted by Gasteiger charge is -2.48. The van der Waals surface area contributed by atoms with E-state index in [2.05, 4.69) is 6.58 Å². The second-order valence-corrected chi connectivity index (χ2v) is 3.52. The highest BCUT2D eigenvalue weighted by molar-refractivity contribution is 5.58. The summed E-state index contributed by atoms with van der Waals surface area (Å²) in [5.74, 6) is 0.139. The third kappa shape index (κ3) is 1.11. The molecule has 11 heavy (non-hydrogen) atoms. The second kappa shape index (κ2) is 2.78. The molecule has 0 aromatic heterocycles. The fourth-order valence-corrected chi connectivity index (χ4v) is 1.87. The molecule has 0 aromatic rings. The molecule has 0 aliphatic heterocycles. The number of allylic oxidation sites excluding steroid dienone is 1. The Kier molecular flexibility index (Phi) is 2.14. The maximum absolute atomic E-state index is 10.6. The van der Waals surface area contributed by atoms with Crippen LogP contribution in [0.2, 0.25) is 0 Å². The van der Waals surface area contributed by atoms with Crippen molar-refractivity contribution < 1.29 is 9.90 Å². The molecule has 1 aliphatic carbocycles. The van der Waals surface area contributed by atoms with Gasteiger partial charge in [-0.15, -0.1) is 6.58 Å². The van der Waals surface area contributed by atoms with Gasteiger partial charge in [-0.2, -0.15) is 0 Å². The molecule has 3 atom stereocenters. The highest BCUT2D eigenvalue weighted by Gasteiger charge is 2.47. The summed E-state index contributed by atoms with van der Waals surface area (Å²) in [5.41, 5.74) is -0.0604. The lowest BCUT2D eigenvalue weighted by molar-refractivity contribution is -0.125. The van der Waals surface area contributed by atoms with Crippen molar-refractivity contribution in [3.8, 4) is 0 Å². The van der Waals surface area contributed by atoms with Crippen LogP contribution in [-0.2, 0) is 4.79 Å². The van der Waals surface area contributed by atoms with E-state index in [1.165, 1.54) is 0 Å². The van der Waals surface area contributed by atoms with Crippen LogP contribution >= 0.6 is 0 Å². The molecule has 0 bridgehead atoms. The summed E-state index contributed by atoms with van der Waals surface area (Å²) in [6, 6.07) is 0. The first-order chi connectivity index (χ1) is 5.18. The third-order valence-corrected chi connectivity index (χ3v) is 2.82. The van der Waals surface area contributed by atoms with Gasteiger partial charge >= 0.3 is 0 Å². The number of aldehydes is 1. The van der Waals surface area contributed by atoms with Gasteiger partial charge in [-0.05, 0) is 17.8 Å². The van der Waals surface area contributed by atoms with Crippen LogP contribution in [0, 0.1) is 17.3 Å². The predicted octanol–water partition coefficient (Wildman–Crippen LogP) is 1.01. The SMILES string of the molecule is C=C[C@@]1(C)C[C@H](CO)[C@H]1C=O. The average Bonchev–Trinajstić information content (AvgIpc) is 2.00. The molecule has 62 valence electrons. The molecule has 2 heteroatoms. The Hall–Kier alpha value is -0.630. The van der Waals surface area contributed by atoms with E-state index in [0.717, 1.165) is 12.7 Å². The maximum Gasteiger partial charge on any atom is 0.124 e. The number of carbonyl (C=O) groups excluding carboxylic acids is 1. The topological polar surface area (TPSA) is 37.3 Å². The van der Waals surface area contributed by atoms with Gasteiger partial charge in [0.15, 0.2) is 0 Å². The Balaban J connectivity index is 2.65. The normalized spacial score (nSPS) is 42.7. The highest BCUT2D eigenvalue weighted by atomic mass is 16.3. The summed E-state index contributed by atoms with van der Waals surface area (Å²) in [7, 11) is 0. The van der Waals surface area contributed by atoms with Crippen molar-refractivity contribution in [1.82, 2.24) is 0 Å². The van der Waals surface area contributed by atoms with Gasteiger partial charge in [0, 0.05) is 12.5 Å². The molecule has 0 amide bonds. The first-order valence-corrected chi connectivity index (χ1v) is 3.87. The van der Waals surface area contributed by atoms with Crippen molar-refractivity contribution >= 4 is 6.29 Å². The quantitative estimate of drug-likeness (QED) is 0.486. The van der Waals surface area contributed by atoms with Crippen molar-refractivity contribution in [2.75, 3.05) is 6.61 Å².